The highest BCUT2D eigenvalue weighted by Crippen LogP contribution is 2.23. The summed E-state index contributed by atoms with van der Waals surface area (Å²) in [6, 6.07) is 0. The summed E-state index contributed by atoms with van der Waals surface area (Å²) in [6.45, 7) is 8.77. The van der Waals surface area contributed by atoms with Gasteiger partial charge >= 0.3 is 5.97 Å². The summed E-state index contributed by atoms with van der Waals surface area (Å²) in [5.74, 6) is -0.213. The molecule has 1 aromatic rings. The van der Waals surface area contributed by atoms with Gasteiger partial charge in [-0.25, -0.2) is 4.79 Å². The third-order valence-corrected chi connectivity index (χ3v) is 3.76. The summed E-state index contributed by atoms with van der Waals surface area (Å²) < 4.78 is 5.40. The maximum atomic E-state index is 12.3. The van der Waals surface area contributed by atoms with Crippen LogP contribution in [0.5, 0.6) is 0 Å². The third-order valence-electron chi connectivity index (χ3n) is 3.76. The molecule has 1 aromatic heterocycles. The molecule has 5 heteroatoms. The normalized spacial score (nSPS) is 11.4. The highest BCUT2D eigenvalue weighted by Gasteiger charge is 2.37. The number of carboxylic acids is 1. The molecule has 0 fully saturated rings. The van der Waals surface area contributed by atoms with Gasteiger partial charge in [0.15, 0.2) is 0 Å². The second-order valence-electron chi connectivity index (χ2n) is 4.76. The SMILES string of the molecule is CCC(CC)(NC(=O)c1c(C)oc(C)c1C)C(=O)O. The Morgan fingerprint density at radius 3 is 2.00 bits per heavy atom. The van der Waals surface area contributed by atoms with E-state index in [0.29, 0.717) is 29.9 Å². The molecule has 0 unspecified atom stereocenters. The fourth-order valence-electron chi connectivity index (χ4n) is 2.19. The largest absolute Gasteiger partial charge is 0.480 e. The van der Waals surface area contributed by atoms with Gasteiger partial charge in [0, 0.05) is 5.56 Å². The van der Waals surface area contributed by atoms with Crippen molar-refractivity contribution in [1.82, 2.24) is 5.32 Å². The molecule has 0 atom stereocenters. The number of carbonyl (C=O) groups excluding carboxylic acids is 1. The van der Waals surface area contributed by atoms with Gasteiger partial charge in [-0.15, -0.1) is 0 Å². The van der Waals surface area contributed by atoms with E-state index in [-0.39, 0.29) is 0 Å². The highest BCUT2D eigenvalue weighted by atomic mass is 16.4. The van der Waals surface area contributed by atoms with Gasteiger partial charge in [-0.2, -0.15) is 0 Å². The number of aliphatic carboxylic acids is 1. The van der Waals surface area contributed by atoms with Crippen molar-refractivity contribution in [3.8, 4) is 0 Å². The number of furan rings is 1. The van der Waals surface area contributed by atoms with Crippen LogP contribution in [0.3, 0.4) is 0 Å². The van der Waals surface area contributed by atoms with Gasteiger partial charge in [-0.05, 0) is 33.6 Å². The van der Waals surface area contributed by atoms with Crippen molar-refractivity contribution in [2.75, 3.05) is 0 Å². The Bertz CT molecular complexity index is 498. The summed E-state index contributed by atoms with van der Waals surface area (Å²) in [7, 11) is 0. The van der Waals surface area contributed by atoms with Gasteiger partial charge < -0.3 is 14.8 Å². The molecule has 0 radical (unpaired) electrons. The minimum atomic E-state index is -1.22. The average molecular weight is 267 g/mol. The van der Waals surface area contributed by atoms with Crippen LogP contribution in [-0.2, 0) is 4.79 Å². The van der Waals surface area contributed by atoms with Crippen molar-refractivity contribution in [1.29, 1.82) is 0 Å². The van der Waals surface area contributed by atoms with Gasteiger partial charge in [-0.1, -0.05) is 13.8 Å². The van der Waals surface area contributed by atoms with Crippen LogP contribution in [0.15, 0.2) is 4.42 Å². The van der Waals surface area contributed by atoms with Crippen LogP contribution in [0.4, 0.5) is 0 Å². The first-order chi connectivity index (χ1) is 8.79. The second kappa shape index (κ2) is 5.47. The Morgan fingerprint density at radius 1 is 1.16 bits per heavy atom. The van der Waals surface area contributed by atoms with Crippen molar-refractivity contribution in [2.24, 2.45) is 0 Å². The van der Waals surface area contributed by atoms with E-state index in [4.69, 9.17) is 4.42 Å². The van der Waals surface area contributed by atoms with E-state index in [1.54, 1.807) is 34.6 Å². The zero-order valence-corrected chi connectivity index (χ0v) is 12.1. The van der Waals surface area contributed by atoms with Crippen LogP contribution < -0.4 is 5.32 Å². The van der Waals surface area contributed by atoms with E-state index in [1.165, 1.54) is 0 Å². The number of carboxylic acid groups (broad SMARTS) is 1. The van der Waals surface area contributed by atoms with Crippen LogP contribution in [0.1, 0.15) is 54.1 Å². The van der Waals surface area contributed by atoms with E-state index in [2.05, 4.69) is 5.32 Å². The third kappa shape index (κ3) is 2.64. The maximum absolute atomic E-state index is 12.3. The Hall–Kier alpha value is -1.78. The summed E-state index contributed by atoms with van der Waals surface area (Å²) in [5, 5.41) is 12.0. The fraction of sp³-hybridized carbons (Fsp3) is 0.571. The standard InChI is InChI=1S/C14H21NO4/c1-6-14(7-2,13(17)18)15-12(16)11-8(3)9(4)19-10(11)5/h6-7H2,1-5H3,(H,15,16)(H,17,18). The minimum Gasteiger partial charge on any atom is -0.480 e. The number of hydrogen-bond acceptors (Lipinski definition) is 3. The van der Waals surface area contributed by atoms with Crippen molar-refractivity contribution in [3.05, 3.63) is 22.6 Å². The van der Waals surface area contributed by atoms with E-state index in [1.807, 2.05) is 0 Å². The monoisotopic (exact) mass is 267 g/mol. The van der Waals surface area contributed by atoms with Crippen molar-refractivity contribution >= 4 is 11.9 Å². The quantitative estimate of drug-likeness (QED) is 0.859. The summed E-state index contributed by atoms with van der Waals surface area (Å²) in [6.07, 6.45) is 0.666. The minimum absolute atomic E-state index is 0.333. The summed E-state index contributed by atoms with van der Waals surface area (Å²) in [4.78, 5) is 23.7. The van der Waals surface area contributed by atoms with E-state index >= 15 is 0 Å². The summed E-state index contributed by atoms with van der Waals surface area (Å²) >= 11 is 0. The predicted molar refractivity (Wildman–Crippen MR) is 71.3 cm³/mol. The lowest BCUT2D eigenvalue weighted by molar-refractivity contribution is -0.144. The molecule has 106 valence electrons. The molecule has 1 rings (SSSR count). The second-order valence-corrected chi connectivity index (χ2v) is 4.76. The Kier molecular flexibility index (Phi) is 4.39. The number of aryl methyl sites for hydroxylation is 2. The van der Waals surface area contributed by atoms with Gasteiger partial charge in [0.25, 0.3) is 5.91 Å². The molecule has 1 amide bonds. The molecule has 1 heterocycles. The number of hydrogen-bond donors (Lipinski definition) is 2. The Balaban J connectivity index is 3.11. The highest BCUT2D eigenvalue weighted by molar-refractivity contribution is 5.99. The first-order valence-corrected chi connectivity index (χ1v) is 6.41. The zero-order valence-electron chi connectivity index (χ0n) is 12.1. The topological polar surface area (TPSA) is 79.5 Å². The van der Waals surface area contributed by atoms with Crippen LogP contribution in [0.2, 0.25) is 0 Å². The number of rotatable bonds is 5. The van der Waals surface area contributed by atoms with E-state index < -0.39 is 17.4 Å². The predicted octanol–water partition coefficient (Wildman–Crippen LogP) is 2.58. The van der Waals surface area contributed by atoms with Crippen molar-refractivity contribution in [3.63, 3.8) is 0 Å². The average Bonchev–Trinajstić information content (AvgIpc) is 2.60. The first kappa shape index (κ1) is 15.3. The van der Waals surface area contributed by atoms with Crippen molar-refractivity contribution in [2.45, 2.75) is 53.0 Å². The molecule has 0 saturated carbocycles. The molecule has 0 aliphatic heterocycles. The molecule has 2 N–H and O–H groups in total. The van der Waals surface area contributed by atoms with Crippen LogP contribution >= 0.6 is 0 Å². The lowest BCUT2D eigenvalue weighted by atomic mass is 9.92. The number of amides is 1. The Labute approximate surface area is 113 Å². The maximum Gasteiger partial charge on any atom is 0.329 e. The fourth-order valence-corrected chi connectivity index (χ4v) is 2.19. The lowest BCUT2D eigenvalue weighted by Gasteiger charge is -2.28. The Morgan fingerprint density at radius 2 is 1.68 bits per heavy atom. The molecule has 0 aromatic carbocycles. The number of nitrogens with one attached hydrogen (secondary N) is 1. The first-order valence-electron chi connectivity index (χ1n) is 6.41. The smallest absolute Gasteiger partial charge is 0.329 e. The van der Waals surface area contributed by atoms with Crippen LogP contribution in [0, 0.1) is 20.8 Å². The van der Waals surface area contributed by atoms with Gasteiger partial charge in [0.2, 0.25) is 0 Å². The number of carbonyl (C=O) groups is 2. The van der Waals surface area contributed by atoms with Crippen molar-refractivity contribution < 1.29 is 19.1 Å². The molecule has 0 saturated heterocycles. The molecule has 0 aliphatic rings. The van der Waals surface area contributed by atoms with Crippen LogP contribution in [-0.4, -0.2) is 22.5 Å². The van der Waals surface area contributed by atoms with E-state index in [9.17, 15) is 14.7 Å². The molecule has 0 spiro atoms. The van der Waals surface area contributed by atoms with Gasteiger partial charge in [0.05, 0.1) is 5.56 Å². The van der Waals surface area contributed by atoms with Crippen LogP contribution in [0.25, 0.3) is 0 Å². The van der Waals surface area contributed by atoms with Gasteiger partial charge in [0.1, 0.15) is 17.1 Å². The zero-order chi connectivity index (χ0) is 14.8. The van der Waals surface area contributed by atoms with E-state index in [0.717, 1.165) is 5.56 Å². The molecule has 19 heavy (non-hydrogen) atoms. The molecule has 5 nitrogen and oxygen atoms in total. The molecular weight excluding hydrogens is 246 g/mol. The van der Waals surface area contributed by atoms with Gasteiger partial charge in [-0.3, -0.25) is 4.79 Å². The molecule has 0 aliphatic carbocycles. The molecular formula is C14H21NO4. The molecule has 0 bridgehead atoms. The lowest BCUT2D eigenvalue weighted by Crippen LogP contribution is -2.53. The summed E-state index contributed by atoms with van der Waals surface area (Å²) in [5.41, 5.74) is -0.0345.